The summed E-state index contributed by atoms with van der Waals surface area (Å²) in [6, 6.07) is 0. The normalized spacial score (nSPS) is 10.7. The van der Waals surface area contributed by atoms with Crippen LogP contribution in [0.1, 0.15) is 13.3 Å². The number of esters is 1. The Balaban J connectivity index is 3.69. The molecule has 3 nitrogen and oxygen atoms in total. The molecule has 1 N–H and O–H groups in total. The molecule has 68 valence electrons. The highest BCUT2D eigenvalue weighted by molar-refractivity contribution is 5.82. The molecule has 0 aliphatic carbocycles. The van der Waals surface area contributed by atoms with E-state index in [1.165, 1.54) is 13.2 Å². The highest BCUT2D eigenvalue weighted by Gasteiger charge is 1.94. The first-order valence-electron chi connectivity index (χ1n) is 3.81. The topological polar surface area (TPSA) is 38.3 Å². The Morgan fingerprint density at radius 3 is 2.83 bits per heavy atom. The lowest BCUT2D eigenvalue weighted by Gasteiger charge is -2.02. The summed E-state index contributed by atoms with van der Waals surface area (Å²) >= 11 is 0. The van der Waals surface area contributed by atoms with Gasteiger partial charge in [-0.3, -0.25) is 0 Å². The van der Waals surface area contributed by atoms with Gasteiger partial charge in [0.15, 0.2) is 0 Å². The molecule has 0 amide bonds. The largest absolute Gasteiger partial charge is 0.466 e. The SMILES string of the molecule is C=CCCNC(C)=CC(=O)OC. The van der Waals surface area contributed by atoms with Crippen LogP contribution >= 0.6 is 0 Å². The monoisotopic (exact) mass is 169 g/mol. The summed E-state index contributed by atoms with van der Waals surface area (Å²) in [7, 11) is 1.36. The summed E-state index contributed by atoms with van der Waals surface area (Å²) in [5, 5.41) is 3.04. The third-order valence-corrected chi connectivity index (χ3v) is 1.29. The van der Waals surface area contributed by atoms with Crippen molar-refractivity contribution in [2.24, 2.45) is 0 Å². The molecular weight excluding hydrogens is 154 g/mol. The van der Waals surface area contributed by atoms with Gasteiger partial charge in [-0.25, -0.2) is 4.79 Å². The first-order valence-corrected chi connectivity index (χ1v) is 3.81. The van der Waals surface area contributed by atoms with Gasteiger partial charge >= 0.3 is 5.97 Å². The minimum absolute atomic E-state index is 0.335. The van der Waals surface area contributed by atoms with Gasteiger partial charge in [-0.2, -0.15) is 0 Å². The van der Waals surface area contributed by atoms with Gasteiger partial charge < -0.3 is 10.1 Å². The van der Waals surface area contributed by atoms with Gasteiger partial charge in [-0.1, -0.05) is 6.08 Å². The van der Waals surface area contributed by atoms with Crippen LogP contribution in [0.3, 0.4) is 0 Å². The quantitative estimate of drug-likeness (QED) is 0.291. The molecule has 0 aliphatic heterocycles. The highest BCUT2D eigenvalue weighted by atomic mass is 16.5. The van der Waals surface area contributed by atoms with E-state index in [4.69, 9.17) is 0 Å². The van der Waals surface area contributed by atoms with E-state index in [9.17, 15) is 4.79 Å². The first-order chi connectivity index (χ1) is 5.70. The van der Waals surface area contributed by atoms with Crippen molar-refractivity contribution in [3.8, 4) is 0 Å². The number of methoxy groups -OCH3 is 1. The van der Waals surface area contributed by atoms with Crippen molar-refractivity contribution in [1.29, 1.82) is 0 Å². The van der Waals surface area contributed by atoms with Gasteiger partial charge in [0.2, 0.25) is 0 Å². The number of rotatable bonds is 5. The van der Waals surface area contributed by atoms with E-state index in [0.29, 0.717) is 0 Å². The molecular formula is C9H15NO2. The maximum absolute atomic E-state index is 10.7. The van der Waals surface area contributed by atoms with Crippen LogP contribution in [0.15, 0.2) is 24.4 Å². The molecule has 0 spiro atoms. The predicted octanol–water partition coefficient (Wildman–Crippen LogP) is 1.23. The number of carbonyl (C=O) groups is 1. The number of allylic oxidation sites excluding steroid dienone is 1. The summed E-state index contributed by atoms with van der Waals surface area (Å²) in [4.78, 5) is 10.7. The lowest BCUT2D eigenvalue weighted by molar-refractivity contribution is -0.134. The zero-order valence-corrected chi connectivity index (χ0v) is 7.59. The molecule has 0 saturated carbocycles. The Morgan fingerprint density at radius 1 is 1.67 bits per heavy atom. The smallest absolute Gasteiger partial charge is 0.332 e. The minimum Gasteiger partial charge on any atom is -0.466 e. The Hall–Kier alpha value is -1.25. The molecule has 0 radical (unpaired) electrons. The fourth-order valence-electron chi connectivity index (χ4n) is 0.658. The summed E-state index contributed by atoms with van der Waals surface area (Å²) in [5.41, 5.74) is 0.809. The van der Waals surface area contributed by atoms with Crippen molar-refractivity contribution < 1.29 is 9.53 Å². The minimum atomic E-state index is -0.335. The number of hydrogen-bond acceptors (Lipinski definition) is 3. The van der Waals surface area contributed by atoms with Crippen molar-refractivity contribution in [2.45, 2.75) is 13.3 Å². The molecule has 0 saturated heterocycles. The number of ether oxygens (including phenoxy) is 1. The molecule has 12 heavy (non-hydrogen) atoms. The third kappa shape index (κ3) is 5.53. The Bertz CT molecular complexity index is 185. The van der Waals surface area contributed by atoms with E-state index in [-0.39, 0.29) is 5.97 Å². The van der Waals surface area contributed by atoms with Crippen LogP contribution in [0.4, 0.5) is 0 Å². The van der Waals surface area contributed by atoms with E-state index in [1.54, 1.807) is 0 Å². The van der Waals surface area contributed by atoms with Crippen molar-refractivity contribution in [2.75, 3.05) is 13.7 Å². The van der Waals surface area contributed by atoms with E-state index in [2.05, 4.69) is 16.6 Å². The zero-order chi connectivity index (χ0) is 9.40. The zero-order valence-electron chi connectivity index (χ0n) is 7.59. The van der Waals surface area contributed by atoms with Crippen molar-refractivity contribution in [3.05, 3.63) is 24.4 Å². The maximum atomic E-state index is 10.7. The predicted molar refractivity (Wildman–Crippen MR) is 48.6 cm³/mol. The molecule has 0 heterocycles. The second-order valence-corrected chi connectivity index (χ2v) is 2.35. The van der Waals surface area contributed by atoms with Crippen LogP contribution in [0, 0.1) is 0 Å². The summed E-state index contributed by atoms with van der Waals surface area (Å²) in [6.07, 6.45) is 4.12. The molecule has 0 aromatic rings. The van der Waals surface area contributed by atoms with E-state index < -0.39 is 0 Å². The fraction of sp³-hybridized carbons (Fsp3) is 0.444. The Kier molecular flexibility index (Phi) is 5.79. The summed E-state index contributed by atoms with van der Waals surface area (Å²) < 4.78 is 4.45. The lowest BCUT2D eigenvalue weighted by Crippen LogP contribution is -2.13. The highest BCUT2D eigenvalue weighted by Crippen LogP contribution is 1.88. The van der Waals surface area contributed by atoms with Crippen LogP contribution in [0.5, 0.6) is 0 Å². The Morgan fingerprint density at radius 2 is 2.33 bits per heavy atom. The van der Waals surface area contributed by atoms with Crippen LogP contribution in [0.2, 0.25) is 0 Å². The average Bonchev–Trinajstić information content (AvgIpc) is 2.05. The second kappa shape index (κ2) is 6.46. The van der Waals surface area contributed by atoms with E-state index >= 15 is 0 Å². The molecule has 3 heteroatoms. The fourth-order valence-corrected chi connectivity index (χ4v) is 0.658. The van der Waals surface area contributed by atoms with Crippen molar-refractivity contribution in [3.63, 3.8) is 0 Å². The Labute approximate surface area is 73.1 Å². The van der Waals surface area contributed by atoms with Crippen LogP contribution in [0.25, 0.3) is 0 Å². The van der Waals surface area contributed by atoms with Gasteiger partial charge in [0, 0.05) is 18.3 Å². The van der Waals surface area contributed by atoms with Crippen LogP contribution in [-0.4, -0.2) is 19.6 Å². The number of hydrogen-bond donors (Lipinski definition) is 1. The van der Waals surface area contributed by atoms with E-state index in [0.717, 1.165) is 18.7 Å². The van der Waals surface area contributed by atoms with Crippen molar-refractivity contribution >= 4 is 5.97 Å². The van der Waals surface area contributed by atoms with Gasteiger partial charge in [-0.15, -0.1) is 6.58 Å². The molecule has 0 aliphatic rings. The third-order valence-electron chi connectivity index (χ3n) is 1.29. The first kappa shape index (κ1) is 10.8. The molecule has 0 aromatic carbocycles. The second-order valence-electron chi connectivity index (χ2n) is 2.35. The molecule has 0 unspecified atom stereocenters. The van der Waals surface area contributed by atoms with Crippen LogP contribution < -0.4 is 5.32 Å². The van der Waals surface area contributed by atoms with Crippen LogP contribution in [-0.2, 0) is 9.53 Å². The molecule has 0 fully saturated rings. The molecule has 0 rings (SSSR count). The van der Waals surface area contributed by atoms with Gasteiger partial charge in [0.05, 0.1) is 7.11 Å². The molecule has 0 bridgehead atoms. The average molecular weight is 169 g/mol. The van der Waals surface area contributed by atoms with E-state index in [1.807, 2.05) is 13.0 Å². The lowest BCUT2D eigenvalue weighted by atomic mass is 10.4. The number of carbonyl (C=O) groups excluding carboxylic acids is 1. The van der Waals surface area contributed by atoms with Gasteiger partial charge in [0.25, 0.3) is 0 Å². The summed E-state index contributed by atoms with van der Waals surface area (Å²) in [5.74, 6) is -0.335. The molecule has 0 atom stereocenters. The standard InChI is InChI=1S/C9H15NO2/c1-4-5-6-10-8(2)7-9(11)12-3/h4,7,10H,1,5-6H2,2-3H3. The maximum Gasteiger partial charge on any atom is 0.332 e. The number of nitrogens with one attached hydrogen (secondary N) is 1. The summed E-state index contributed by atoms with van der Waals surface area (Å²) in [6.45, 7) is 6.20. The van der Waals surface area contributed by atoms with Crippen molar-refractivity contribution in [1.82, 2.24) is 5.32 Å². The van der Waals surface area contributed by atoms with Gasteiger partial charge in [-0.05, 0) is 13.3 Å². The van der Waals surface area contributed by atoms with Gasteiger partial charge in [0.1, 0.15) is 0 Å². The molecule has 0 aromatic heterocycles.